The number of hydrazine groups is 1. The van der Waals surface area contributed by atoms with Gasteiger partial charge in [0.05, 0.1) is 9.46 Å². The molecular formula is C16H16N2O3S3. The predicted octanol–water partition coefficient (Wildman–Crippen LogP) is 3.07. The highest BCUT2D eigenvalue weighted by molar-refractivity contribution is 8.19. The number of nitrogens with one attached hydrogen (secondary N) is 2. The van der Waals surface area contributed by atoms with Crippen LogP contribution in [0.15, 0.2) is 41.8 Å². The fourth-order valence-electron chi connectivity index (χ4n) is 2.12. The maximum atomic E-state index is 11.9. The van der Waals surface area contributed by atoms with Gasteiger partial charge >= 0.3 is 0 Å². The van der Waals surface area contributed by atoms with Gasteiger partial charge in [-0.2, -0.15) is 0 Å². The van der Waals surface area contributed by atoms with Crippen molar-refractivity contribution in [3.05, 3.63) is 52.2 Å². The third-order valence-corrected chi connectivity index (χ3v) is 7.15. The first-order chi connectivity index (χ1) is 11.7. The molecule has 0 atom stereocenters. The molecule has 0 saturated carbocycles. The van der Waals surface area contributed by atoms with Crippen LogP contribution < -0.4 is 15.6 Å². The third-order valence-electron chi connectivity index (χ3n) is 3.21. The summed E-state index contributed by atoms with van der Waals surface area (Å²) in [7, 11) is 0. The van der Waals surface area contributed by atoms with Crippen molar-refractivity contribution in [2.24, 2.45) is 0 Å². The van der Waals surface area contributed by atoms with Gasteiger partial charge in [-0.15, -0.1) is 34.9 Å². The van der Waals surface area contributed by atoms with E-state index in [4.69, 9.17) is 4.74 Å². The molecule has 0 aliphatic carbocycles. The van der Waals surface area contributed by atoms with Gasteiger partial charge in [-0.1, -0.05) is 24.3 Å². The van der Waals surface area contributed by atoms with E-state index in [2.05, 4.69) is 10.9 Å². The Morgan fingerprint density at radius 2 is 1.88 bits per heavy atom. The molecule has 0 spiro atoms. The van der Waals surface area contributed by atoms with E-state index in [9.17, 15) is 9.59 Å². The smallest absolute Gasteiger partial charge is 0.279 e. The van der Waals surface area contributed by atoms with E-state index in [0.717, 1.165) is 17.1 Å². The number of rotatable bonds is 5. The minimum atomic E-state index is -0.401. The second kappa shape index (κ2) is 8.46. The van der Waals surface area contributed by atoms with Gasteiger partial charge in [0.15, 0.2) is 6.61 Å². The molecule has 24 heavy (non-hydrogen) atoms. The summed E-state index contributed by atoms with van der Waals surface area (Å²) in [5.74, 6) is 2.22. The largest absolute Gasteiger partial charge is 0.483 e. The van der Waals surface area contributed by atoms with Gasteiger partial charge in [-0.3, -0.25) is 20.4 Å². The zero-order valence-corrected chi connectivity index (χ0v) is 15.1. The van der Waals surface area contributed by atoms with Crippen LogP contribution in [0, 0.1) is 0 Å². The van der Waals surface area contributed by atoms with Crippen molar-refractivity contribution in [2.45, 2.75) is 4.58 Å². The van der Waals surface area contributed by atoms with Gasteiger partial charge in [0.1, 0.15) is 5.75 Å². The SMILES string of the molecule is O=C(COc1ccccc1C1SCCS1)NNC(=O)c1cccs1. The standard InChI is InChI=1S/C16H16N2O3S3/c19-14(17-18-15(20)13-6-3-7-22-13)10-21-12-5-2-1-4-11(12)16-23-8-9-24-16/h1-7,16H,8-10H2,(H,17,19)(H,18,20). The highest BCUT2D eigenvalue weighted by Gasteiger charge is 2.21. The number of ether oxygens (including phenoxy) is 1. The summed E-state index contributed by atoms with van der Waals surface area (Å²) in [4.78, 5) is 24.2. The summed E-state index contributed by atoms with van der Waals surface area (Å²) < 4.78 is 6.00. The molecule has 0 unspecified atom stereocenters. The Balaban J connectivity index is 1.50. The van der Waals surface area contributed by atoms with Gasteiger partial charge < -0.3 is 4.74 Å². The van der Waals surface area contributed by atoms with Crippen molar-refractivity contribution in [2.75, 3.05) is 18.1 Å². The number of hydrogen-bond acceptors (Lipinski definition) is 6. The normalized spacial score (nSPS) is 14.3. The first-order valence-electron chi connectivity index (χ1n) is 7.31. The summed E-state index contributed by atoms with van der Waals surface area (Å²) in [6, 6.07) is 11.2. The Bertz CT molecular complexity index is 700. The summed E-state index contributed by atoms with van der Waals surface area (Å²) >= 11 is 5.08. The van der Waals surface area contributed by atoms with E-state index in [-0.39, 0.29) is 12.5 Å². The molecule has 5 nitrogen and oxygen atoms in total. The Labute approximate surface area is 152 Å². The molecule has 8 heteroatoms. The summed E-state index contributed by atoms with van der Waals surface area (Å²) in [6.45, 7) is -0.149. The maximum absolute atomic E-state index is 11.9. The molecule has 1 fully saturated rings. The van der Waals surface area contributed by atoms with Crippen molar-refractivity contribution in [3.8, 4) is 5.75 Å². The summed E-state index contributed by atoms with van der Waals surface area (Å²) in [5, 5.41) is 1.80. The predicted molar refractivity (Wildman–Crippen MR) is 99.5 cm³/mol. The lowest BCUT2D eigenvalue weighted by Crippen LogP contribution is -2.43. The highest BCUT2D eigenvalue weighted by Crippen LogP contribution is 2.48. The zero-order chi connectivity index (χ0) is 16.8. The van der Waals surface area contributed by atoms with Crippen LogP contribution >= 0.6 is 34.9 Å². The van der Waals surface area contributed by atoms with Crippen LogP contribution in [0.2, 0.25) is 0 Å². The molecule has 2 amide bonds. The lowest BCUT2D eigenvalue weighted by molar-refractivity contribution is -0.123. The molecule has 2 N–H and O–H groups in total. The number of carbonyl (C=O) groups is 2. The Hall–Kier alpha value is -1.64. The zero-order valence-electron chi connectivity index (χ0n) is 12.7. The molecule has 2 aromatic rings. The van der Waals surface area contributed by atoms with Crippen molar-refractivity contribution >= 4 is 46.7 Å². The van der Waals surface area contributed by atoms with Gasteiger partial charge in [0.25, 0.3) is 11.8 Å². The van der Waals surface area contributed by atoms with Crippen LogP contribution in [0.1, 0.15) is 19.8 Å². The number of thiophene rings is 1. The van der Waals surface area contributed by atoms with Crippen LogP contribution in [0.5, 0.6) is 5.75 Å². The number of amides is 2. The molecule has 2 heterocycles. The number of para-hydroxylation sites is 1. The van der Waals surface area contributed by atoms with E-state index >= 15 is 0 Å². The van der Waals surface area contributed by atoms with Crippen LogP contribution in [-0.4, -0.2) is 29.9 Å². The first kappa shape index (κ1) is 17.2. The second-order valence-corrected chi connectivity index (χ2v) is 8.55. The number of hydrogen-bond donors (Lipinski definition) is 2. The Morgan fingerprint density at radius 3 is 2.62 bits per heavy atom. The number of thioether (sulfide) groups is 2. The second-order valence-electron chi connectivity index (χ2n) is 4.88. The molecule has 1 aromatic carbocycles. The van der Waals surface area contributed by atoms with E-state index in [0.29, 0.717) is 15.2 Å². The van der Waals surface area contributed by atoms with E-state index < -0.39 is 5.91 Å². The van der Waals surface area contributed by atoms with E-state index in [1.54, 1.807) is 17.5 Å². The maximum Gasteiger partial charge on any atom is 0.279 e. The highest BCUT2D eigenvalue weighted by atomic mass is 32.2. The summed E-state index contributed by atoms with van der Waals surface area (Å²) in [6.07, 6.45) is 0. The van der Waals surface area contributed by atoms with Gasteiger partial charge in [0, 0.05) is 17.1 Å². The van der Waals surface area contributed by atoms with Crippen molar-refractivity contribution in [1.82, 2.24) is 10.9 Å². The van der Waals surface area contributed by atoms with Crippen LogP contribution in [-0.2, 0) is 4.79 Å². The van der Waals surface area contributed by atoms with Gasteiger partial charge in [-0.05, 0) is 17.5 Å². The van der Waals surface area contributed by atoms with Crippen LogP contribution in [0.25, 0.3) is 0 Å². The fourth-order valence-corrected chi connectivity index (χ4v) is 5.65. The molecule has 1 aromatic heterocycles. The molecule has 0 radical (unpaired) electrons. The van der Waals surface area contributed by atoms with E-state index in [1.807, 2.05) is 47.8 Å². The molecule has 1 aliphatic rings. The van der Waals surface area contributed by atoms with Crippen molar-refractivity contribution in [1.29, 1.82) is 0 Å². The topological polar surface area (TPSA) is 67.4 Å². The van der Waals surface area contributed by atoms with Crippen molar-refractivity contribution in [3.63, 3.8) is 0 Å². The Kier molecular flexibility index (Phi) is 6.06. The number of carbonyl (C=O) groups excluding carboxylic acids is 2. The molecular weight excluding hydrogens is 364 g/mol. The minimum absolute atomic E-state index is 0.149. The van der Waals surface area contributed by atoms with Crippen LogP contribution in [0.3, 0.4) is 0 Å². The van der Waals surface area contributed by atoms with Crippen molar-refractivity contribution < 1.29 is 14.3 Å². The molecule has 1 aliphatic heterocycles. The molecule has 126 valence electrons. The average Bonchev–Trinajstić information content (AvgIpc) is 3.31. The summed E-state index contributed by atoms with van der Waals surface area (Å²) in [5.41, 5.74) is 5.83. The average molecular weight is 381 g/mol. The lowest BCUT2D eigenvalue weighted by atomic mass is 10.2. The van der Waals surface area contributed by atoms with Crippen LogP contribution in [0.4, 0.5) is 0 Å². The molecule has 1 saturated heterocycles. The monoisotopic (exact) mass is 380 g/mol. The molecule has 0 bridgehead atoms. The minimum Gasteiger partial charge on any atom is -0.483 e. The van der Waals surface area contributed by atoms with Gasteiger partial charge in [0.2, 0.25) is 0 Å². The van der Waals surface area contributed by atoms with E-state index in [1.165, 1.54) is 11.3 Å². The third kappa shape index (κ3) is 4.46. The first-order valence-corrected chi connectivity index (χ1v) is 10.3. The number of benzene rings is 1. The van der Waals surface area contributed by atoms with Gasteiger partial charge in [-0.25, -0.2) is 0 Å². The Morgan fingerprint density at radius 1 is 1.08 bits per heavy atom. The quantitative estimate of drug-likeness (QED) is 0.781. The fraction of sp³-hybridized carbons (Fsp3) is 0.250. The lowest BCUT2D eigenvalue weighted by Gasteiger charge is -2.15. The molecule has 3 rings (SSSR count).